The van der Waals surface area contributed by atoms with Crippen LogP contribution in [0.25, 0.3) is 0 Å². The van der Waals surface area contributed by atoms with Crippen molar-refractivity contribution >= 4 is 11.8 Å². The van der Waals surface area contributed by atoms with Crippen LogP contribution in [0.3, 0.4) is 0 Å². The number of ether oxygens (including phenoxy) is 3. The third-order valence-corrected chi connectivity index (χ3v) is 7.14. The molecule has 1 aliphatic heterocycles. The van der Waals surface area contributed by atoms with Crippen molar-refractivity contribution < 1.29 is 19.3 Å². The van der Waals surface area contributed by atoms with Gasteiger partial charge < -0.3 is 19.3 Å². The van der Waals surface area contributed by atoms with E-state index in [2.05, 4.69) is 30.3 Å². The molecule has 30 heavy (non-hydrogen) atoms. The summed E-state index contributed by atoms with van der Waals surface area (Å²) in [6.45, 7) is 1.61. The Morgan fingerprint density at radius 2 is 1.90 bits per heavy atom. The summed E-state index contributed by atoms with van der Waals surface area (Å²) in [7, 11) is 0. The Balaban J connectivity index is 1.42. The van der Waals surface area contributed by atoms with E-state index >= 15 is 0 Å². The molecule has 0 aromatic heterocycles. The highest BCUT2D eigenvalue weighted by atomic mass is 32.2. The maximum Gasteiger partial charge on any atom is 0.147 e. The lowest BCUT2D eigenvalue weighted by atomic mass is 9.93. The molecule has 5 heteroatoms. The first-order valence-corrected chi connectivity index (χ1v) is 12.2. The van der Waals surface area contributed by atoms with Crippen molar-refractivity contribution in [2.75, 3.05) is 24.9 Å². The summed E-state index contributed by atoms with van der Waals surface area (Å²) in [5, 5.41) is 10.7. The summed E-state index contributed by atoms with van der Waals surface area (Å²) in [4.78, 5) is 0. The number of hydrogen-bond donors (Lipinski definition) is 1. The molecular formula is C25H32O4S. The van der Waals surface area contributed by atoms with Gasteiger partial charge in [-0.3, -0.25) is 0 Å². The minimum atomic E-state index is -0.407. The van der Waals surface area contributed by atoms with Gasteiger partial charge in [0.2, 0.25) is 0 Å². The fourth-order valence-corrected chi connectivity index (χ4v) is 5.33. The van der Waals surface area contributed by atoms with E-state index in [9.17, 15) is 5.11 Å². The molecule has 1 heterocycles. The van der Waals surface area contributed by atoms with Gasteiger partial charge in [0.1, 0.15) is 19.1 Å². The molecule has 1 saturated heterocycles. The first-order valence-electron chi connectivity index (χ1n) is 11.0. The molecule has 1 N–H and O–H groups in total. The predicted molar refractivity (Wildman–Crippen MR) is 121 cm³/mol. The van der Waals surface area contributed by atoms with Crippen LogP contribution in [0.15, 0.2) is 48.5 Å². The summed E-state index contributed by atoms with van der Waals surface area (Å²) in [5.41, 5.74) is 3.60. The molecule has 2 unspecified atom stereocenters. The lowest BCUT2D eigenvalue weighted by molar-refractivity contribution is 0.0524. The van der Waals surface area contributed by atoms with E-state index in [1.807, 2.05) is 18.2 Å². The first-order chi connectivity index (χ1) is 14.8. The van der Waals surface area contributed by atoms with Gasteiger partial charge in [0.25, 0.3) is 0 Å². The smallest absolute Gasteiger partial charge is 0.147 e. The molecule has 1 aliphatic carbocycles. The zero-order chi connectivity index (χ0) is 20.6. The van der Waals surface area contributed by atoms with Gasteiger partial charge in [0.05, 0.1) is 18.8 Å². The second-order valence-electron chi connectivity index (χ2n) is 8.26. The molecular weight excluding hydrogens is 396 g/mol. The van der Waals surface area contributed by atoms with Crippen molar-refractivity contribution in [2.24, 2.45) is 0 Å². The van der Waals surface area contributed by atoms with Gasteiger partial charge in [-0.15, -0.1) is 0 Å². The molecule has 1 saturated carbocycles. The van der Waals surface area contributed by atoms with Gasteiger partial charge in [0.15, 0.2) is 0 Å². The van der Waals surface area contributed by atoms with Gasteiger partial charge in [0, 0.05) is 17.9 Å². The Labute approximate surface area is 183 Å². The quantitative estimate of drug-likeness (QED) is 0.581. The Bertz CT molecular complexity index is 770. The first kappa shape index (κ1) is 21.7. The Hall–Kier alpha value is -1.53. The number of thioether (sulfide) groups is 1. The highest BCUT2D eigenvalue weighted by Crippen LogP contribution is 2.41. The SMILES string of the molecule is OC(CSCC1COCO1)Cc1cccc(C2CCCC2)c1OCc1ccccc1. The van der Waals surface area contributed by atoms with Gasteiger partial charge >= 0.3 is 0 Å². The Morgan fingerprint density at radius 1 is 1.07 bits per heavy atom. The van der Waals surface area contributed by atoms with Crippen LogP contribution in [0.1, 0.15) is 48.3 Å². The van der Waals surface area contributed by atoms with Crippen LogP contribution in [0.2, 0.25) is 0 Å². The van der Waals surface area contributed by atoms with E-state index in [0.717, 1.165) is 17.1 Å². The number of rotatable bonds is 10. The summed E-state index contributed by atoms with van der Waals surface area (Å²) < 4.78 is 17.1. The molecule has 0 radical (unpaired) electrons. The van der Waals surface area contributed by atoms with Gasteiger partial charge in [-0.05, 0) is 35.4 Å². The van der Waals surface area contributed by atoms with Crippen LogP contribution in [0, 0.1) is 0 Å². The van der Waals surface area contributed by atoms with Crippen LogP contribution in [0.4, 0.5) is 0 Å². The van der Waals surface area contributed by atoms with Crippen LogP contribution in [0.5, 0.6) is 5.75 Å². The van der Waals surface area contributed by atoms with Crippen molar-refractivity contribution in [2.45, 2.75) is 56.8 Å². The fourth-order valence-electron chi connectivity index (χ4n) is 4.35. The van der Waals surface area contributed by atoms with E-state index in [4.69, 9.17) is 14.2 Å². The molecule has 2 atom stereocenters. The lowest BCUT2D eigenvalue weighted by Crippen LogP contribution is -2.18. The second-order valence-corrected chi connectivity index (χ2v) is 9.34. The van der Waals surface area contributed by atoms with Crippen LogP contribution >= 0.6 is 11.8 Å². The Morgan fingerprint density at radius 3 is 2.67 bits per heavy atom. The third-order valence-electron chi connectivity index (χ3n) is 5.91. The van der Waals surface area contributed by atoms with E-state index in [0.29, 0.717) is 38.1 Å². The highest BCUT2D eigenvalue weighted by Gasteiger charge is 2.23. The van der Waals surface area contributed by atoms with E-state index in [-0.39, 0.29) is 6.10 Å². The molecule has 2 fully saturated rings. The molecule has 2 aromatic carbocycles. The molecule has 2 aliphatic rings. The summed E-state index contributed by atoms with van der Waals surface area (Å²) in [6.07, 6.45) is 5.39. The average Bonchev–Trinajstić information content (AvgIpc) is 3.48. The normalized spacial score (nSPS) is 20.5. The predicted octanol–water partition coefficient (Wildman–Crippen LogP) is 4.93. The number of aliphatic hydroxyl groups is 1. The zero-order valence-corrected chi connectivity index (χ0v) is 18.3. The molecule has 162 valence electrons. The van der Waals surface area contributed by atoms with Gasteiger partial charge in [-0.2, -0.15) is 11.8 Å². The molecule has 0 amide bonds. The fraction of sp³-hybridized carbons (Fsp3) is 0.520. The summed E-state index contributed by atoms with van der Waals surface area (Å²) in [6, 6.07) is 16.8. The molecule has 2 aromatic rings. The van der Waals surface area contributed by atoms with E-state index in [1.54, 1.807) is 11.8 Å². The van der Waals surface area contributed by atoms with Crippen LogP contribution < -0.4 is 4.74 Å². The minimum Gasteiger partial charge on any atom is -0.488 e. The van der Waals surface area contributed by atoms with Crippen molar-refractivity contribution in [1.82, 2.24) is 0 Å². The summed E-state index contributed by atoms with van der Waals surface area (Å²) in [5.74, 6) is 3.11. The largest absolute Gasteiger partial charge is 0.488 e. The van der Waals surface area contributed by atoms with Crippen molar-refractivity contribution in [1.29, 1.82) is 0 Å². The minimum absolute atomic E-state index is 0.151. The second kappa shape index (κ2) is 11.2. The van der Waals surface area contributed by atoms with E-state index in [1.165, 1.54) is 36.8 Å². The molecule has 4 nitrogen and oxygen atoms in total. The van der Waals surface area contributed by atoms with Crippen molar-refractivity contribution in [3.05, 3.63) is 65.2 Å². The number of aliphatic hydroxyl groups excluding tert-OH is 1. The van der Waals surface area contributed by atoms with Crippen LogP contribution in [-0.4, -0.2) is 42.2 Å². The van der Waals surface area contributed by atoms with E-state index < -0.39 is 6.10 Å². The van der Waals surface area contributed by atoms with Crippen molar-refractivity contribution in [3.8, 4) is 5.75 Å². The molecule has 0 spiro atoms. The summed E-state index contributed by atoms with van der Waals surface area (Å²) >= 11 is 1.73. The maximum absolute atomic E-state index is 10.7. The standard InChI is InChI=1S/C25H32O4S/c26-22(16-30-17-23-15-27-18-29-23)13-21-11-6-12-24(20-9-4-5-10-20)25(21)28-14-19-7-2-1-3-8-19/h1-3,6-8,11-12,20,22-23,26H,4-5,9-10,13-18H2. The van der Waals surface area contributed by atoms with Gasteiger partial charge in [-0.25, -0.2) is 0 Å². The molecule has 4 rings (SSSR count). The Kier molecular flexibility index (Phi) is 8.09. The number of hydrogen-bond acceptors (Lipinski definition) is 5. The molecule has 0 bridgehead atoms. The maximum atomic E-state index is 10.7. The lowest BCUT2D eigenvalue weighted by Gasteiger charge is -2.21. The number of para-hydroxylation sites is 1. The van der Waals surface area contributed by atoms with Crippen LogP contribution in [-0.2, 0) is 22.5 Å². The number of benzene rings is 2. The monoisotopic (exact) mass is 428 g/mol. The average molecular weight is 429 g/mol. The van der Waals surface area contributed by atoms with Crippen molar-refractivity contribution in [3.63, 3.8) is 0 Å². The zero-order valence-electron chi connectivity index (χ0n) is 17.5. The third kappa shape index (κ3) is 6.01. The highest BCUT2D eigenvalue weighted by molar-refractivity contribution is 7.99. The van der Waals surface area contributed by atoms with Gasteiger partial charge in [-0.1, -0.05) is 61.4 Å². The topological polar surface area (TPSA) is 47.9 Å².